The average molecular weight is 509 g/mol. The first-order valence-corrected chi connectivity index (χ1v) is 13.6. The van der Waals surface area contributed by atoms with Gasteiger partial charge in [0.05, 0.1) is 0 Å². The molecule has 38 heavy (non-hydrogen) atoms. The van der Waals surface area contributed by atoms with Gasteiger partial charge in [0.2, 0.25) is 0 Å². The van der Waals surface area contributed by atoms with Crippen LogP contribution in [0.5, 0.6) is 0 Å². The van der Waals surface area contributed by atoms with Crippen LogP contribution in [0, 0.1) is 13.8 Å². The van der Waals surface area contributed by atoms with E-state index in [0.717, 1.165) is 38.2 Å². The van der Waals surface area contributed by atoms with E-state index in [9.17, 15) is 0 Å². The lowest BCUT2D eigenvalue weighted by molar-refractivity contribution is 1.28. The van der Waals surface area contributed by atoms with Crippen molar-refractivity contribution in [3.63, 3.8) is 0 Å². The molecular formula is C35H28N2S. The van der Waals surface area contributed by atoms with E-state index in [1.807, 2.05) is 6.07 Å². The van der Waals surface area contributed by atoms with Gasteiger partial charge >= 0.3 is 0 Å². The first-order valence-electron chi connectivity index (χ1n) is 12.8. The summed E-state index contributed by atoms with van der Waals surface area (Å²) in [7, 11) is 0. The van der Waals surface area contributed by atoms with E-state index in [-0.39, 0.29) is 0 Å². The van der Waals surface area contributed by atoms with Gasteiger partial charge in [-0.1, -0.05) is 132 Å². The molecule has 6 aromatic rings. The Balaban J connectivity index is 1.50. The molecule has 0 aliphatic carbocycles. The second kappa shape index (κ2) is 10.5. The second-order valence-corrected chi connectivity index (χ2v) is 10.5. The van der Waals surface area contributed by atoms with Gasteiger partial charge in [-0.05, 0) is 49.2 Å². The van der Waals surface area contributed by atoms with Crippen molar-refractivity contribution in [1.29, 1.82) is 0 Å². The Labute approximate surface area is 228 Å². The van der Waals surface area contributed by atoms with E-state index in [0.29, 0.717) is 0 Å². The van der Waals surface area contributed by atoms with Crippen LogP contribution in [0.3, 0.4) is 0 Å². The van der Waals surface area contributed by atoms with E-state index >= 15 is 0 Å². The highest BCUT2D eigenvalue weighted by molar-refractivity contribution is 7.19. The fraction of sp³-hybridized carbons (Fsp3) is 0.0571. The predicted octanol–water partition coefficient (Wildman–Crippen LogP) is 10.2. The summed E-state index contributed by atoms with van der Waals surface area (Å²) in [5, 5.41) is 2.11. The number of aromatic nitrogens is 1. The molecule has 0 aliphatic rings. The summed E-state index contributed by atoms with van der Waals surface area (Å²) in [5.74, 6) is 0. The molecule has 2 nitrogen and oxygen atoms in total. The Bertz CT molecular complexity index is 1590. The maximum Gasteiger partial charge on any atom is 0.129 e. The Morgan fingerprint density at radius 3 is 1.45 bits per heavy atom. The van der Waals surface area contributed by atoms with Crippen LogP contribution < -0.4 is 4.90 Å². The molecular weight excluding hydrogens is 480 g/mol. The molecule has 1 aromatic heterocycles. The third-order valence-electron chi connectivity index (χ3n) is 6.68. The fourth-order valence-corrected chi connectivity index (χ4v) is 5.71. The van der Waals surface area contributed by atoms with Gasteiger partial charge in [-0.25, -0.2) is 4.98 Å². The standard InChI is InChI=1S/C35H28N2S/c1-25-13-21-31(22-14-25)37(32-23-15-26(2)16-24-32)35-33(29-11-7-4-8-12-29)36-34(38-35)30-19-17-28(18-20-30)27-9-5-3-6-10-27/h3-24H,1-2H3. The summed E-state index contributed by atoms with van der Waals surface area (Å²) in [5.41, 5.74) is 10.3. The molecule has 3 heteroatoms. The fourth-order valence-electron chi connectivity index (χ4n) is 4.58. The third-order valence-corrected chi connectivity index (χ3v) is 7.77. The molecule has 0 aliphatic heterocycles. The molecule has 0 N–H and O–H groups in total. The van der Waals surface area contributed by atoms with E-state index < -0.39 is 0 Å². The summed E-state index contributed by atoms with van der Waals surface area (Å²) in [6.45, 7) is 4.25. The van der Waals surface area contributed by atoms with Gasteiger partial charge in [-0.15, -0.1) is 0 Å². The number of thiazole rings is 1. The molecule has 0 unspecified atom stereocenters. The second-order valence-electron chi connectivity index (χ2n) is 9.49. The number of hydrogen-bond acceptors (Lipinski definition) is 3. The van der Waals surface area contributed by atoms with Gasteiger partial charge in [0.1, 0.15) is 15.7 Å². The first-order chi connectivity index (χ1) is 18.7. The van der Waals surface area contributed by atoms with Crippen LogP contribution in [-0.2, 0) is 0 Å². The minimum absolute atomic E-state index is 0.985. The predicted molar refractivity (Wildman–Crippen MR) is 163 cm³/mol. The zero-order valence-electron chi connectivity index (χ0n) is 21.5. The van der Waals surface area contributed by atoms with Crippen molar-refractivity contribution in [2.24, 2.45) is 0 Å². The van der Waals surface area contributed by atoms with Crippen molar-refractivity contribution in [1.82, 2.24) is 4.98 Å². The lowest BCUT2D eigenvalue weighted by Gasteiger charge is -2.25. The number of benzene rings is 5. The minimum Gasteiger partial charge on any atom is -0.300 e. The van der Waals surface area contributed by atoms with Crippen molar-refractivity contribution >= 4 is 27.7 Å². The molecule has 184 valence electrons. The van der Waals surface area contributed by atoms with Crippen LogP contribution in [0.4, 0.5) is 16.4 Å². The number of rotatable bonds is 6. The Kier molecular flexibility index (Phi) is 6.60. The monoisotopic (exact) mass is 508 g/mol. The largest absolute Gasteiger partial charge is 0.300 e. The summed E-state index contributed by atoms with van der Waals surface area (Å²) < 4.78 is 0. The molecule has 1 heterocycles. The van der Waals surface area contributed by atoms with Crippen LogP contribution in [-0.4, -0.2) is 4.98 Å². The summed E-state index contributed by atoms with van der Waals surface area (Å²) in [4.78, 5) is 7.57. The van der Waals surface area contributed by atoms with E-state index in [1.165, 1.54) is 22.3 Å². The van der Waals surface area contributed by atoms with Crippen LogP contribution >= 0.6 is 11.3 Å². The first kappa shape index (κ1) is 23.9. The van der Waals surface area contributed by atoms with Crippen molar-refractivity contribution in [3.8, 4) is 33.0 Å². The van der Waals surface area contributed by atoms with Crippen LogP contribution in [0.25, 0.3) is 33.0 Å². The third kappa shape index (κ3) is 4.89. The number of anilines is 3. The van der Waals surface area contributed by atoms with E-state index in [1.54, 1.807) is 11.3 Å². The molecule has 0 spiro atoms. The van der Waals surface area contributed by atoms with Crippen LogP contribution in [0.1, 0.15) is 11.1 Å². The molecule has 0 bridgehead atoms. The highest BCUT2D eigenvalue weighted by Crippen LogP contribution is 2.46. The van der Waals surface area contributed by atoms with Crippen LogP contribution in [0.2, 0.25) is 0 Å². The van der Waals surface area contributed by atoms with Gasteiger partial charge in [0.15, 0.2) is 0 Å². The maximum absolute atomic E-state index is 5.24. The van der Waals surface area contributed by atoms with E-state index in [2.05, 4.69) is 146 Å². The Hall–Kier alpha value is -4.47. The normalized spacial score (nSPS) is 10.9. The number of nitrogens with zero attached hydrogens (tertiary/aromatic N) is 2. The zero-order chi connectivity index (χ0) is 25.9. The molecule has 6 rings (SSSR count). The van der Waals surface area contributed by atoms with Gasteiger partial charge in [0, 0.05) is 22.5 Å². The average Bonchev–Trinajstić information content (AvgIpc) is 3.41. The van der Waals surface area contributed by atoms with Crippen molar-refractivity contribution in [2.75, 3.05) is 4.90 Å². The quantitative estimate of drug-likeness (QED) is 0.222. The molecule has 0 saturated heterocycles. The highest BCUT2D eigenvalue weighted by atomic mass is 32.1. The minimum atomic E-state index is 0.985. The summed E-state index contributed by atoms with van der Waals surface area (Å²) >= 11 is 1.73. The van der Waals surface area contributed by atoms with Gasteiger partial charge in [-0.3, -0.25) is 0 Å². The maximum atomic E-state index is 5.24. The topological polar surface area (TPSA) is 16.1 Å². The molecule has 0 fully saturated rings. The molecule has 5 aromatic carbocycles. The smallest absolute Gasteiger partial charge is 0.129 e. The number of aryl methyl sites for hydroxylation is 2. The lowest BCUT2D eigenvalue weighted by atomic mass is 10.0. The molecule has 0 saturated carbocycles. The highest BCUT2D eigenvalue weighted by Gasteiger charge is 2.22. The Morgan fingerprint density at radius 2 is 0.921 bits per heavy atom. The van der Waals surface area contributed by atoms with Gasteiger partial charge in [-0.2, -0.15) is 0 Å². The Morgan fingerprint density at radius 1 is 0.474 bits per heavy atom. The lowest BCUT2D eigenvalue weighted by Crippen LogP contribution is -2.09. The molecule has 0 radical (unpaired) electrons. The van der Waals surface area contributed by atoms with Gasteiger partial charge < -0.3 is 4.90 Å². The zero-order valence-corrected chi connectivity index (χ0v) is 22.3. The summed E-state index contributed by atoms with van der Waals surface area (Å²) in [6.07, 6.45) is 0. The number of hydrogen-bond donors (Lipinski definition) is 0. The van der Waals surface area contributed by atoms with E-state index in [4.69, 9.17) is 4.98 Å². The molecule has 0 atom stereocenters. The SMILES string of the molecule is Cc1ccc(N(c2ccc(C)cc2)c2sc(-c3ccc(-c4ccccc4)cc3)nc2-c2ccccc2)cc1. The van der Waals surface area contributed by atoms with Crippen molar-refractivity contribution in [2.45, 2.75) is 13.8 Å². The van der Waals surface area contributed by atoms with Gasteiger partial charge in [0.25, 0.3) is 0 Å². The molecule has 0 amide bonds. The van der Waals surface area contributed by atoms with Crippen molar-refractivity contribution < 1.29 is 0 Å². The summed E-state index contributed by atoms with van der Waals surface area (Å²) in [6, 6.07) is 47.2. The van der Waals surface area contributed by atoms with Crippen LogP contribution in [0.15, 0.2) is 133 Å². The van der Waals surface area contributed by atoms with Crippen molar-refractivity contribution in [3.05, 3.63) is 145 Å².